The molecule has 1 aliphatic heterocycles. The Hall–Kier alpha value is -2.18. The van der Waals surface area contributed by atoms with Crippen LogP contribution in [-0.2, 0) is 21.4 Å². The van der Waals surface area contributed by atoms with Gasteiger partial charge in [0.05, 0.1) is 4.90 Å². The highest BCUT2D eigenvalue weighted by atomic mass is 32.2. The van der Waals surface area contributed by atoms with E-state index in [0.717, 1.165) is 24.0 Å². The Labute approximate surface area is 167 Å². The van der Waals surface area contributed by atoms with Crippen LogP contribution >= 0.6 is 0 Å². The molecular weight excluding hydrogens is 372 g/mol. The predicted octanol–water partition coefficient (Wildman–Crippen LogP) is 3.55. The number of piperidine rings is 1. The second-order valence-electron chi connectivity index (χ2n) is 7.54. The molecule has 1 atom stereocenters. The van der Waals surface area contributed by atoms with Crippen molar-refractivity contribution >= 4 is 15.9 Å². The van der Waals surface area contributed by atoms with Gasteiger partial charge in [-0.3, -0.25) is 4.79 Å². The van der Waals surface area contributed by atoms with Crippen molar-refractivity contribution < 1.29 is 13.2 Å². The van der Waals surface area contributed by atoms with E-state index in [1.54, 1.807) is 24.3 Å². The number of hydrogen-bond acceptors (Lipinski definition) is 3. The van der Waals surface area contributed by atoms with Crippen molar-refractivity contribution in [1.82, 2.24) is 9.62 Å². The van der Waals surface area contributed by atoms with Crippen LogP contribution in [0.4, 0.5) is 0 Å². The number of carbonyl (C=O) groups is 1. The van der Waals surface area contributed by atoms with Crippen LogP contribution < -0.4 is 5.32 Å². The Morgan fingerprint density at radius 2 is 1.61 bits per heavy atom. The van der Waals surface area contributed by atoms with E-state index in [1.807, 2.05) is 38.1 Å². The molecule has 6 heteroatoms. The smallest absolute Gasteiger partial charge is 0.243 e. The highest BCUT2D eigenvalue weighted by molar-refractivity contribution is 7.89. The Kier molecular flexibility index (Phi) is 6.52. The van der Waals surface area contributed by atoms with E-state index in [0.29, 0.717) is 24.4 Å². The first-order valence-electron chi connectivity index (χ1n) is 9.77. The predicted molar refractivity (Wildman–Crippen MR) is 110 cm³/mol. The first kappa shape index (κ1) is 20.6. The molecule has 1 saturated heterocycles. The number of aryl methyl sites for hydroxylation is 2. The van der Waals surface area contributed by atoms with Gasteiger partial charge in [0.15, 0.2) is 0 Å². The van der Waals surface area contributed by atoms with Gasteiger partial charge >= 0.3 is 0 Å². The second-order valence-corrected chi connectivity index (χ2v) is 9.44. The van der Waals surface area contributed by atoms with Crippen LogP contribution in [-0.4, -0.2) is 31.2 Å². The van der Waals surface area contributed by atoms with Crippen molar-refractivity contribution in [2.24, 2.45) is 0 Å². The fraction of sp³-hybridized carbons (Fsp3) is 0.409. The number of benzene rings is 2. The zero-order chi connectivity index (χ0) is 20.1. The van der Waals surface area contributed by atoms with E-state index >= 15 is 0 Å². The summed E-state index contributed by atoms with van der Waals surface area (Å²) in [6, 6.07) is 14.6. The lowest BCUT2D eigenvalue weighted by Crippen LogP contribution is -2.45. The van der Waals surface area contributed by atoms with Gasteiger partial charge in [-0.15, -0.1) is 0 Å². The van der Waals surface area contributed by atoms with Crippen LogP contribution in [0.1, 0.15) is 42.4 Å². The molecular formula is C22H28N2O3S. The van der Waals surface area contributed by atoms with Crippen molar-refractivity contribution in [2.45, 2.75) is 57.0 Å². The van der Waals surface area contributed by atoms with Gasteiger partial charge < -0.3 is 5.32 Å². The van der Waals surface area contributed by atoms with Crippen LogP contribution in [0.3, 0.4) is 0 Å². The van der Waals surface area contributed by atoms with Crippen LogP contribution in [0, 0.1) is 13.8 Å². The van der Waals surface area contributed by atoms with Crippen molar-refractivity contribution in [3.8, 4) is 0 Å². The SMILES string of the molecule is Cc1ccc(CNC(=O)CC2CCCCN2S(=O)(=O)c2ccc(C)cc2)cc1. The molecule has 0 spiro atoms. The minimum Gasteiger partial charge on any atom is -0.352 e. The van der Waals surface area contributed by atoms with E-state index in [-0.39, 0.29) is 18.4 Å². The Bertz CT molecular complexity index is 906. The molecule has 1 heterocycles. The fourth-order valence-electron chi connectivity index (χ4n) is 3.53. The van der Waals surface area contributed by atoms with Gasteiger partial charge in [0.1, 0.15) is 0 Å². The lowest BCUT2D eigenvalue weighted by Gasteiger charge is -2.34. The number of carbonyl (C=O) groups excluding carboxylic acids is 1. The summed E-state index contributed by atoms with van der Waals surface area (Å²) in [5, 5.41) is 2.92. The molecule has 1 N–H and O–H groups in total. The lowest BCUT2D eigenvalue weighted by atomic mass is 10.0. The third-order valence-corrected chi connectivity index (χ3v) is 7.20. The van der Waals surface area contributed by atoms with E-state index in [9.17, 15) is 13.2 Å². The van der Waals surface area contributed by atoms with Gasteiger partial charge in [0, 0.05) is 25.6 Å². The summed E-state index contributed by atoms with van der Waals surface area (Å²) in [6.45, 7) is 4.87. The molecule has 1 unspecified atom stereocenters. The summed E-state index contributed by atoms with van der Waals surface area (Å²) in [4.78, 5) is 12.8. The summed E-state index contributed by atoms with van der Waals surface area (Å²) in [5.74, 6) is -0.114. The normalized spacial score (nSPS) is 18.0. The summed E-state index contributed by atoms with van der Waals surface area (Å²) in [7, 11) is -3.59. The zero-order valence-corrected chi connectivity index (χ0v) is 17.3. The van der Waals surface area contributed by atoms with Gasteiger partial charge in [0.25, 0.3) is 0 Å². The van der Waals surface area contributed by atoms with Crippen LogP contribution in [0.25, 0.3) is 0 Å². The molecule has 0 aliphatic carbocycles. The maximum absolute atomic E-state index is 13.1. The second kappa shape index (κ2) is 8.88. The number of hydrogen-bond donors (Lipinski definition) is 1. The minimum absolute atomic E-state index is 0.114. The van der Waals surface area contributed by atoms with Gasteiger partial charge in [-0.25, -0.2) is 8.42 Å². The molecule has 0 radical (unpaired) electrons. The monoisotopic (exact) mass is 400 g/mol. The number of amides is 1. The van der Waals surface area contributed by atoms with Gasteiger partial charge in [0.2, 0.25) is 15.9 Å². The van der Waals surface area contributed by atoms with Crippen molar-refractivity contribution in [1.29, 1.82) is 0 Å². The molecule has 1 aliphatic rings. The minimum atomic E-state index is -3.59. The fourth-order valence-corrected chi connectivity index (χ4v) is 5.23. The highest BCUT2D eigenvalue weighted by Gasteiger charge is 2.34. The molecule has 5 nitrogen and oxygen atoms in total. The van der Waals surface area contributed by atoms with Crippen LogP contribution in [0.5, 0.6) is 0 Å². The molecule has 2 aromatic carbocycles. The van der Waals surface area contributed by atoms with Gasteiger partial charge in [-0.05, 0) is 44.4 Å². The zero-order valence-electron chi connectivity index (χ0n) is 16.5. The van der Waals surface area contributed by atoms with Gasteiger partial charge in [-0.2, -0.15) is 4.31 Å². The third kappa shape index (κ3) is 5.00. The van der Waals surface area contributed by atoms with Crippen molar-refractivity contribution in [3.05, 3.63) is 65.2 Å². The topological polar surface area (TPSA) is 66.5 Å². The van der Waals surface area contributed by atoms with Crippen molar-refractivity contribution in [2.75, 3.05) is 6.54 Å². The molecule has 3 rings (SSSR count). The largest absolute Gasteiger partial charge is 0.352 e. The Morgan fingerprint density at radius 3 is 2.25 bits per heavy atom. The lowest BCUT2D eigenvalue weighted by molar-refractivity contribution is -0.122. The standard InChI is InChI=1S/C22H28N2O3S/c1-17-6-10-19(11-7-17)16-23-22(25)15-20-5-3-4-14-24(20)28(26,27)21-12-8-18(2)9-13-21/h6-13,20H,3-5,14-16H2,1-2H3,(H,23,25). The van der Waals surface area contributed by atoms with Crippen LogP contribution in [0.2, 0.25) is 0 Å². The first-order valence-corrected chi connectivity index (χ1v) is 11.2. The van der Waals surface area contributed by atoms with E-state index in [1.165, 1.54) is 9.87 Å². The Balaban J connectivity index is 1.66. The molecule has 0 saturated carbocycles. The van der Waals surface area contributed by atoms with Crippen molar-refractivity contribution in [3.63, 3.8) is 0 Å². The van der Waals surface area contributed by atoms with Crippen LogP contribution in [0.15, 0.2) is 53.4 Å². The number of nitrogens with one attached hydrogen (secondary N) is 1. The quantitative estimate of drug-likeness (QED) is 0.806. The first-order chi connectivity index (χ1) is 13.4. The molecule has 0 aromatic heterocycles. The highest BCUT2D eigenvalue weighted by Crippen LogP contribution is 2.27. The summed E-state index contributed by atoms with van der Waals surface area (Å²) < 4.78 is 27.7. The van der Waals surface area contributed by atoms with E-state index < -0.39 is 10.0 Å². The molecule has 150 valence electrons. The number of sulfonamides is 1. The molecule has 1 fully saturated rings. The molecule has 1 amide bonds. The molecule has 28 heavy (non-hydrogen) atoms. The summed E-state index contributed by atoms with van der Waals surface area (Å²) >= 11 is 0. The molecule has 2 aromatic rings. The maximum atomic E-state index is 13.1. The van der Waals surface area contributed by atoms with Gasteiger partial charge in [-0.1, -0.05) is 53.9 Å². The van der Waals surface area contributed by atoms with E-state index in [2.05, 4.69) is 5.32 Å². The third-order valence-electron chi connectivity index (χ3n) is 5.23. The average molecular weight is 401 g/mol. The molecule has 0 bridgehead atoms. The summed E-state index contributed by atoms with van der Waals surface area (Å²) in [6.07, 6.45) is 2.67. The number of rotatable bonds is 6. The average Bonchev–Trinajstić information content (AvgIpc) is 2.68. The van der Waals surface area contributed by atoms with E-state index in [4.69, 9.17) is 0 Å². The maximum Gasteiger partial charge on any atom is 0.243 e. The number of nitrogens with zero attached hydrogens (tertiary/aromatic N) is 1. The summed E-state index contributed by atoms with van der Waals surface area (Å²) in [5.41, 5.74) is 3.23. The Morgan fingerprint density at radius 1 is 1.00 bits per heavy atom.